The van der Waals surface area contributed by atoms with E-state index in [1.807, 2.05) is 26.2 Å². The van der Waals surface area contributed by atoms with Crippen molar-refractivity contribution in [3.8, 4) is 0 Å². The SMILES string of the molecule is CCc1nn(C)cc1Nc1ccc(I)cc1[N+](=O)[O-]. The van der Waals surface area contributed by atoms with Crippen molar-refractivity contribution in [1.29, 1.82) is 0 Å². The molecule has 0 amide bonds. The van der Waals surface area contributed by atoms with Gasteiger partial charge in [-0.2, -0.15) is 5.10 Å². The molecule has 1 N–H and O–H groups in total. The number of nitro groups is 1. The van der Waals surface area contributed by atoms with Crippen LogP contribution >= 0.6 is 22.6 Å². The normalized spacial score (nSPS) is 10.5. The lowest BCUT2D eigenvalue weighted by atomic mass is 10.2. The fourth-order valence-electron chi connectivity index (χ4n) is 1.81. The van der Waals surface area contributed by atoms with E-state index >= 15 is 0 Å². The number of nitrogens with one attached hydrogen (secondary N) is 1. The van der Waals surface area contributed by atoms with Crippen LogP contribution in [0, 0.1) is 13.7 Å². The van der Waals surface area contributed by atoms with E-state index in [1.165, 1.54) is 0 Å². The van der Waals surface area contributed by atoms with Crippen LogP contribution in [0.4, 0.5) is 17.1 Å². The van der Waals surface area contributed by atoms with Gasteiger partial charge in [0.25, 0.3) is 5.69 Å². The van der Waals surface area contributed by atoms with Crippen molar-refractivity contribution in [1.82, 2.24) is 9.78 Å². The van der Waals surface area contributed by atoms with Crippen molar-refractivity contribution >= 4 is 39.7 Å². The van der Waals surface area contributed by atoms with Gasteiger partial charge in [0.05, 0.1) is 16.3 Å². The van der Waals surface area contributed by atoms with Gasteiger partial charge in [-0.1, -0.05) is 6.92 Å². The maximum absolute atomic E-state index is 11.1. The minimum atomic E-state index is -0.382. The standard InChI is InChI=1S/C12H13IN4O2/c1-3-9-11(7-16(2)15-9)14-10-5-4-8(13)6-12(10)17(18)19/h4-7,14H,3H2,1-2H3. The van der Waals surface area contributed by atoms with Gasteiger partial charge in [0.2, 0.25) is 0 Å². The molecule has 100 valence electrons. The average molecular weight is 372 g/mol. The third-order valence-electron chi connectivity index (χ3n) is 2.67. The van der Waals surface area contributed by atoms with Gasteiger partial charge >= 0.3 is 0 Å². The minimum Gasteiger partial charge on any atom is -0.347 e. The van der Waals surface area contributed by atoms with Crippen molar-refractivity contribution in [2.24, 2.45) is 7.05 Å². The number of benzene rings is 1. The lowest BCUT2D eigenvalue weighted by molar-refractivity contribution is -0.384. The Labute approximate surface area is 124 Å². The van der Waals surface area contributed by atoms with Gasteiger partial charge in [-0.25, -0.2) is 0 Å². The van der Waals surface area contributed by atoms with Crippen LogP contribution in [0.1, 0.15) is 12.6 Å². The second kappa shape index (κ2) is 5.55. The summed E-state index contributed by atoms with van der Waals surface area (Å²) < 4.78 is 2.52. The van der Waals surface area contributed by atoms with Gasteiger partial charge in [-0.05, 0) is 41.1 Å². The highest BCUT2D eigenvalue weighted by atomic mass is 127. The molecule has 7 heteroatoms. The molecule has 0 aliphatic carbocycles. The highest BCUT2D eigenvalue weighted by Gasteiger charge is 2.16. The van der Waals surface area contributed by atoms with Gasteiger partial charge in [0.15, 0.2) is 0 Å². The molecule has 0 saturated heterocycles. The predicted molar refractivity (Wildman–Crippen MR) is 81.7 cm³/mol. The summed E-state index contributed by atoms with van der Waals surface area (Å²) in [6.45, 7) is 2.00. The minimum absolute atomic E-state index is 0.0674. The van der Waals surface area contributed by atoms with Crippen LogP contribution in [-0.2, 0) is 13.5 Å². The quantitative estimate of drug-likeness (QED) is 0.508. The maximum Gasteiger partial charge on any atom is 0.293 e. The molecule has 1 aromatic heterocycles. The monoisotopic (exact) mass is 372 g/mol. The van der Waals surface area contributed by atoms with E-state index in [0.29, 0.717) is 5.69 Å². The van der Waals surface area contributed by atoms with E-state index < -0.39 is 0 Å². The Morgan fingerprint density at radius 2 is 2.21 bits per heavy atom. The lowest BCUT2D eigenvalue weighted by Crippen LogP contribution is -1.98. The molecule has 2 aromatic rings. The summed E-state index contributed by atoms with van der Waals surface area (Å²) in [5.41, 5.74) is 2.23. The van der Waals surface area contributed by atoms with Crippen molar-refractivity contribution in [3.05, 3.63) is 43.8 Å². The Balaban J connectivity index is 2.40. The van der Waals surface area contributed by atoms with E-state index in [2.05, 4.69) is 33.0 Å². The molecular formula is C12H13IN4O2. The summed E-state index contributed by atoms with van der Waals surface area (Å²) in [4.78, 5) is 10.7. The first-order valence-corrected chi connectivity index (χ1v) is 6.82. The number of halogens is 1. The topological polar surface area (TPSA) is 73.0 Å². The lowest BCUT2D eigenvalue weighted by Gasteiger charge is -2.06. The second-order valence-corrected chi connectivity index (χ2v) is 5.31. The number of hydrogen-bond acceptors (Lipinski definition) is 4. The summed E-state index contributed by atoms with van der Waals surface area (Å²) in [6, 6.07) is 5.09. The Hall–Kier alpha value is -1.64. The first-order chi connectivity index (χ1) is 9.01. The average Bonchev–Trinajstić information content (AvgIpc) is 2.71. The molecule has 1 aromatic carbocycles. The van der Waals surface area contributed by atoms with Crippen LogP contribution in [0.3, 0.4) is 0 Å². The van der Waals surface area contributed by atoms with Crippen LogP contribution in [0.5, 0.6) is 0 Å². The zero-order chi connectivity index (χ0) is 14.0. The maximum atomic E-state index is 11.1. The molecule has 0 unspecified atom stereocenters. The molecule has 0 spiro atoms. The highest BCUT2D eigenvalue weighted by Crippen LogP contribution is 2.30. The van der Waals surface area contributed by atoms with Crippen LogP contribution in [-0.4, -0.2) is 14.7 Å². The summed E-state index contributed by atoms with van der Waals surface area (Å²) in [6.07, 6.45) is 2.59. The first-order valence-electron chi connectivity index (χ1n) is 5.74. The van der Waals surface area contributed by atoms with Crippen molar-refractivity contribution in [2.75, 3.05) is 5.32 Å². The highest BCUT2D eigenvalue weighted by molar-refractivity contribution is 14.1. The van der Waals surface area contributed by atoms with Crippen molar-refractivity contribution in [2.45, 2.75) is 13.3 Å². The van der Waals surface area contributed by atoms with Crippen LogP contribution in [0.25, 0.3) is 0 Å². The Bertz CT molecular complexity index is 624. The number of anilines is 2. The third kappa shape index (κ3) is 3.03. The number of aryl methyl sites for hydroxylation is 2. The van der Waals surface area contributed by atoms with E-state index in [0.717, 1.165) is 21.4 Å². The van der Waals surface area contributed by atoms with Gasteiger partial charge in [0.1, 0.15) is 5.69 Å². The number of nitro benzene ring substituents is 1. The molecule has 0 saturated carbocycles. The Morgan fingerprint density at radius 3 is 2.84 bits per heavy atom. The molecule has 2 rings (SSSR count). The van der Waals surface area contributed by atoms with E-state index in [-0.39, 0.29) is 10.6 Å². The summed E-state index contributed by atoms with van der Waals surface area (Å²) in [5.74, 6) is 0. The zero-order valence-corrected chi connectivity index (χ0v) is 12.7. The zero-order valence-electron chi connectivity index (χ0n) is 10.6. The smallest absolute Gasteiger partial charge is 0.293 e. The summed E-state index contributed by atoms with van der Waals surface area (Å²) in [5, 5.41) is 18.5. The fourth-order valence-corrected chi connectivity index (χ4v) is 2.28. The third-order valence-corrected chi connectivity index (χ3v) is 3.34. The van der Waals surface area contributed by atoms with Gasteiger partial charge in [0, 0.05) is 22.9 Å². The van der Waals surface area contributed by atoms with Crippen molar-refractivity contribution < 1.29 is 4.92 Å². The molecule has 0 fully saturated rings. The molecular weight excluding hydrogens is 359 g/mol. The molecule has 6 nitrogen and oxygen atoms in total. The molecule has 1 heterocycles. The van der Waals surface area contributed by atoms with Gasteiger partial charge in [-0.15, -0.1) is 0 Å². The van der Waals surface area contributed by atoms with Gasteiger partial charge in [-0.3, -0.25) is 14.8 Å². The van der Waals surface area contributed by atoms with Crippen LogP contribution in [0.15, 0.2) is 24.4 Å². The molecule has 0 radical (unpaired) electrons. The van der Waals surface area contributed by atoms with Crippen LogP contribution in [0.2, 0.25) is 0 Å². The number of nitrogens with zero attached hydrogens (tertiary/aromatic N) is 3. The molecule has 0 atom stereocenters. The first kappa shape index (κ1) is 13.8. The number of rotatable bonds is 4. The number of hydrogen-bond donors (Lipinski definition) is 1. The summed E-state index contributed by atoms with van der Waals surface area (Å²) >= 11 is 2.06. The molecule has 19 heavy (non-hydrogen) atoms. The largest absolute Gasteiger partial charge is 0.347 e. The summed E-state index contributed by atoms with van der Waals surface area (Å²) in [7, 11) is 1.83. The number of aromatic nitrogens is 2. The van der Waals surface area contributed by atoms with E-state index in [9.17, 15) is 10.1 Å². The van der Waals surface area contributed by atoms with Crippen molar-refractivity contribution in [3.63, 3.8) is 0 Å². The van der Waals surface area contributed by atoms with E-state index in [4.69, 9.17) is 0 Å². The van der Waals surface area contributed by atoms with Crippen LogP contribution < -0.4 is 5.32 Å². The molecule has 0 aliphatic rings. The Kier molecular flexibility index (Phi) is 4.03. The fraction of sp³-hybridized carbons (Fsp3) is 0.250. The molecule has 0 aliphatic heterocycles. The molecule has 0 bridgehead atoms. The Morgan fingerprint density at radius 1 is 1.47 bits per heavy atom. The second-order valence-electron chi connectivity index (χ2n) is 4.06. The van der Waals surface area contributed by atoms with E-state index in [1.54, 1.807) is 16.8 Å². The van der Waals surface area contributed by atoms with Gasteiger partial charge < -0.3 is 5.32 Å². The predicted octanol–water partition coefficient (Wildman–Crippen LogP) is 3.24.